The van der Waals surface area contributed by atoms with E-state index in [0.29, 0.717) is 0 Å². The molecule has 1 aromatic rings. The molecule has 1 heterocycles. The Morgan fingerprint density at radius 3 is 1.94 bits per heavy atom. The molecule has 1 aliphatic heterocycles. The van der Waals surface area contributed by atoms with Crippen molar-refractivity contribution in [1.29, 1.82) is 0 Å². The van der Waals surface area contributed by atoms with Crippen LogP contribution in [0, 0.1) is 27.7 Å². The Balaban J connectivity index is 2.87. The highest BCUT2D eigenvalue weighted by molar-refractivity contribution is 6.07. The summed E-state index contributed by atoms with van der Waals surface area (Å²) in [5.41, 5.74) is 6.87. The van der Waals surface area contributed by atoms with Crippen molar-refractivity contribution >= 4 is 11.6 Å². The molecule has 2 heteroatoms. The summed E-state index contributed by atoms with van der Waals surface area (Å²) >= 11 is 0. The fourth-order valence-electron chi connectivity index (χ4n) is 2.63. The maximum atomic E-state index is 12.0. The van der Waals surface area contributed by atoms with E-state index in [2.05, 4.69) is 33.0 Å². The summed E-state index contributed by atoms with van der Waals surface area (Å²) in [6.45, 7) is 12.4. The first kappa shape index (κ1) is 11.2. The lowest BCUT2D eigenvalue weighted by Gasteiger charge is -2.21. The van der Waals surface area contributed by atoms with Crippen molar-refractivity contribution < 1.29 is 4.79 Å². The van der Waals surface area contributed by atoms with E-state index in [-0.39, 0.29) is 5.91 Å². The zero-order valence-electron chi connectivity index (χ0n) is 10.9. The van der Waals surface area contributed by atoms with E-state index in [9.17, 15) is 4.79 Å². The van der Waals surface area contributed by atoms with Crippen LogP contribution in [0.1, 0.15) is 41.7 Å². The highest BCUT2D eigenvalue weighted by Crippen LogP contribution is 2.43. The third kappa shape index (κ3) is 1.16. The van der Waals surface area contributed by atoms with Crippen molar-refractivity contribution in [2.75, 3.05) is 5.32 Å². The van der Waals surface area contributed by atoms with Gasteiger partial charge < -0.3 is 5.32 Å². The summed E-state index contributed by atoms with van der Waals surface area (Å²) in [6.07, 6.45) is 0. The molecule has 16 heavy (non-hydrogen) atoms. The second-order valence-corrected chi connectivity index (χ2v) is 5.33. The Morgan fingerprint density at radius 2 is 1.38 bits per heavy atom. The van der Waals surface area contributed by atoms with Crippen molar-refractivity contribution in [3.63, 3.8) is 0 Å². The first-order chi connectivity index (χ1) is 7.28. The van der Waals surface area contributed by atoms with Gasteiger partial charge in [-0.05, 0) is 69.4 Å². The van der Waals surface area contributed by atoms with Crippen molar-refractivity contribution in [3.05, 3.63) is 27.8 Å². The minimum absolute atomic E-state index is 0.110. The monoisotopic (exact) mass is 217 g/mol. The molecule has 2 nitrogen and oxygen atoms in total. The van der Waals surface area contributed by atoms with Crippen LogP contribution in [0.15, 0.2) is 0 Å². The van der Waals surface area contributed by atoms with Crippen LogP contribution in [0.4, 0.5) is 5.69 Å². The van der Waals surface area contributed by atoms with E-state index in [1.807, 2.05) is 13.8 Å². The minimum atomic E-state index is -0.400. The van der Waals surface area contributed by atoms with E-state index in [1.165, 1.54) is 27.8 Å². The molecule has 1 N–H and O–H groups in total. The van der Waals surface area contributed by atoms with Crippen LogP contribution in [-0.2, 0) is 10.2 Å². The summed E-state index contributed by atoms with van der Waals surface area (Å²) in [6, 6.07) is 0. The number of nitrogens with one attached hydrogen (secondary N) is 1. The summed E-state index contributed by atoms with van der Waals surface area (Å²) in [7, 11) is 0. The predicted octanol–water partition coefficient (Wildman–Crippen LogP) is 3.15. The van der Waals surface area contributed by atoms with Crippen LogP contribution in [0.2, 0.25) is 0 Å². The van der Waals surface area contributed by atoms with Gasteiger partial charge in [-0.15, -0.1) is 0 Å². The summed E-state index contributed by atoms with van der Waals surface area (Å²) in [4.78, 5) is 12.0. The smallest absolute Gasteiger partial charge is 0.234 e. The molecule has 0 spiro atoms. The molecule has 86 valence electrons. The normalized spacial score (nSPS) is 17.2. The SMILES string of the molecule is Cc1c(C)c(C)c2c(c1C)NC(=O)C2(C)C. The fourth-order valence-corrected chi connectivity index (χ4v) is 2.63. The number of carbonyl (C=O) groups excluding carboxylic acids is 1. The zero-order valence-corrected chi connectivity index (χ0v) is 10.9. The van der Waals surface area contributed by atoms with Gasteiger partial charge in [-0.25, -0.2) is 0 Å². The highest BCUT2D eigenvalue weighted by Gasteiger charge is 2.41. The molecule has 0 fully saturated rings. The first-order valence-electron chi connectivity index (χ1n) is 5.70. The zero-order chi connectivity index (χ0) is 12.2. The number of hydrogen-bond donors (Lipinski definition) is 1. The lowest BCUT2D eigenvalue weighted by Crippen LogP contribution is -2.27. The van der Waals surface area contributed by atoms with Crippen LogP contribution in [-0.4, -0.2) is 5.91 Å². The second kappa shape index (κ2) is 3.09. The third-order valence-corrected chi connectivity index (χ3v) is 4.12. The van der Waals surface area contributed by atoms with Gasteiger partial charge in [0.25, 0.3) is 0 Å². The number of amides is 1. The molecule has 0 unspecified atom stereocenters. The Morgan fingerprint density at radius 1 is 0.875 bits per heavy atom. The maximum Gasteiger partial charge on any atom is 0.234 e. The Hall–Kier alpha value is -1.31. The Bertz CT molecular complexity index is 498. The van der Waals surface area contributed by atoms with Gasteiger partial charge in [0.15, 0.2) is 0 Å². The minimum Gasteiger partial charge on any atom is -0.325 e. The maximum absolute atomic E-state index is 12.0. The summed E-state index contributed by atoms with van der Waals surface area (Å²) in [5, 5.41) is 3.03. The average molecular weight is 217 g/mol. The third-order valence-electron chi connectivity index (χ3n) is 4.12. The standard InChI is InChI=1S/C14H19NO/c1-7-8(2)10(4)12-11(9(7)3)14(5,6)13(16)15-12/h1-6H3,(H,15,16). The number of anilines is 1. The molecule has 0 aromatic heterocycles. The van der Waals surface area contributed by atoms with Crippen LogP contribution in [0.25, 0.3) is 0 Å². The molecule has 0 saturated carbocycles. The van der Waals surface area contributed by atoms with E-state index < -0.39 is 5.41 Å². The molecule has 0 radical (unpaired) electrons. The van der Waals surface area contributed by atoms with Crippen LogP contribution in [0.5, 0.6) is 0 Å². The molecule has 0 atom stereocenters. The van der Waals surface area contributed by atoms with Gasteiger partial charge in [0.1, 0.15) is 0 Å². The van der Waals surface area contributed by atoms with E-state index in [4.69, 9.17) is 0 Å². The number of benzene rings is 1. The molecular formula is C14H19NO. The van der Waals surface area contributed by atoms with E-state index in [1.54, 1.807) is 0 Å². The van der Waals surface area contributed by atoms with Crippen molar-refractivity contribution in [2.24, 2.45) is 0 Å². The van der Waals surface area contributed by atoms with Crippen LogP contribution < -0.4 is 5.32 Å². The lowest BCUT2D eigenvalue weighted by atomic mass is 9.80. The molecule has 2 rings (SSSR count). The van der Waals surface area contributed by atoms with E-state index >= 15 is 0 Å². The largest absolute Gasteiger partial charge is 0.325 e. The van der Waals surface area contributed by atoms with Gasteiger partial charge in [0.05, 0.1) is 5.41 Å². The number of rotatable bonds is 0. The molecular weight excluding hydrogens is 198 g/mol. The number of carbonyl (C=O) groups is 1. The van der Waals surface area contributed by atoms with Crippen molar-refractivity contribution in [3.8, 4) is 0 Å². The Kier molecular flexibility index (Phi) is 2.16. The van der Waals surface area contributed by atoms with Crippen molar-refractivity contribution in [1.82, 2.24) is 0 Å². The predicted molar refractivity (Wildman–Crippen MR) is 67.0 cm³/mol. The lowest BCUT2D eigenvalue weighted by molar-refractivity contribution is -0.119. The highest BCUT2D eigenvalue weighted by atomic mass is 16.2. The van der Waals surface area contributed by atoms with Crippen LogP contribution in [0.3, 0.4) is 0 Å². The Labute approximate surface area is 97.1 Å². The molecule has 1 aromatic carbocycles. The van der Waals surface area contributed by atoms with E-state index in [0.717, 1.165) is 5.69 Å². The van der Waals surface area contributed by atoms with Gasteiger partial charge in [0, 0.05) is 5.69 Å². The van der Waals surface area contributed by atoms with Crippen molar-refractivity contribution in [2.45, 2.75) is 47.0 Å². The van der Waals surface area contributed by atoms with Gasteiger partial charge in [-0.2, -0.15) is 0 Å². The summed E-state index contributed by atoms with van der Waals surface area (Å²) < 4.78 is 0. The molecule has 0 bridgehead atoms. The van der Waals surface area contributed by atoms with Gasteiger partial charge >= 0.3 is 0 Å². The first-order valence-corrected chi connectivity index (χ1v) is 5.70. The van der Waals surface area contributed by atoms with Gasteiger partial charge in [0.2, 0.25) is 5.91 Å². The quantitative estimate of drug-likeness (QED) is 0.710. The average Bonchev–Trinajstić information content (AvgIpc) is 2.45. The summed E-state index contributed by atoms with van der Waals surface area (Å²) in [5.74, 6) is 0.110. The molecule has 1 amide bonds. The second-order valence-electron chi connectivity index (χ2n) is 5.33. The molecule has 1 aliphatic rings. The van der Waals surface area contributed by atoms with Crippen LogP contribution >= 0.6 is 0 Å². The molecule has 0 aliphatic carbocycles. The number of fused-ring (bicyclic) bond motifs is 1. The topological polar surface area (TPSA) is 29.1 Å². The van der Waals surface area contributed by atoms with Gasteiger partial charge in [-0.3, -0.25) is 4.79 Å². The fraction of sp³-hybridized carbons (Fsp3) is 0.500. The molecule has 0 saturated heterocycles. The van der Waals surface area contributed by atoms with Gasteiger partial charge in [-0.1, -0.05) is 0 Å². The number of hydrogen-bond acceptors (Lipinski definition) is 1.